The maximum Gasteiger partial charge on any atom is 0.401 e. The number of nitrogens with two attached hydrogens (primary N) is 1. The van der Waals surface area contributed by atoms with E-state index in [0.29, 0.717) is 11.4 Å². The Bertz CT molecular complexity index is 1290. The highest BCUT2D eigenvalue weighted by atomic mass is 35.5. The number of hydrogen-bond donors (Lipinski definition) is 3. The molecule has 0 saturated carbocycles. The van der Waals surface area contributed by atoms with E-state index in [0.717, 1.165) is 11.3 Å². The van der Waals surface area contributed by atoms with Gasteiger partial charge in [0, 0.05) is 37.9 Å². The van der Waals surface area contributed by atoms with E-state index >= 15 is 0 Å². The molecule has 3 aromatic rings. The van der Waals surface area contributed by atoms with Gasteiger partial charge in [-0.1, -0.05) is 11.6 Å². The van der Waals surface area contributed by atoms with Crippen molar-refractivity contribution in [2.24, 2.45) is 5.73 Å². The van der Waals surface area contributed by atoms with E-state index in [1.54, 1.807) is 22.4 Å². The molecule has 0 aliphatic carbocycles. The van der Waals surface area contributed by atoms with E-state index < -0.39 is 25.2 Å². The number of carbonyl (C=O) groups excluding carboxylic acids is 1. The molecule has 1 aliphatic rings. The fourth-order valence-corrected chi connectivity index (χ4v) is 4.62. The maximum atomic E-state index is 13.2. The van der Waals surface area contributed by atoms with E-state index in [2.05, 4.69) is 25.3 Å². The number of ether oxygens (including phenoxy) is 1. The predicted octanol–water partition coefficient (Wildman–Crippen LogP) is 5.06. The Morgan fingerprint density at radius 1 is 1.16 bits per heavy atom. The molecule has 204 valence electrons. The molecule has 1 aliphatic heterocycles. The molecule has 1 saturated heterocycles. The van der Waals surface area contributed by atoms with Gasteiger partial charge in [0.05, 0.1) is 24.1 Å². The molecule has 1 fully saturated rings. The lowest BCUT2D eigenvalue weighted by atomic mass is 10.2. The summed E-state index contributed by atoms with van der Waals surface area (Å²) in [6.45, 7) is -3.24. The number of carbonyl (C=O) groups is 1. The molecule has 1 amide bonds. The monoisotopic (exact) mass is 577 g/mol. The number of benzene rings is 1. The summed E-state index contributed by atoms with van der Waals surface area (Å²) in [5.41, 5.74) is 6.37. The minimum Gasteiger partial charge on any atom is -0.433 e. The third-order valence-corrected chi connectivity index (χ3v) is 6.66. The SMILES string of the molecule is NC(=O)c1sccc1Nc1nc(Nc2ccc(N3CCN(CC(F)(F)F)CC3)cc2OC(F)F)ncc1Cl. The highest BCUT2D eigenvalue weighted by Crippen LogP contribution is 2.35. The van der Waals surface area contributed by atoms with Gasteiger partial charge in [0.1, 0.15) is 9.90 Å². The molecule has 0 atom stereocenters. The molecule has 1 aromatic carbocycles. The van der Waals surface area contributed by atoms with Gasteiger partial charge in [-0.05, 0) is 23.6 Å². The first-order valence-electron chi connectivity index (χ1n) is 11.1. The van der Waals surface area contributed by atoms with E-state index in [4.69, 9.17) is 17.3 Å². The van der Waals surface area contributed by atoms with Gasteiger partial charge in [0.15, 0.2) is 11.6 Å². The van der Waals surface area contributed by atoms with Crippen molar-refractivity contribution >= 4 is 57.7 Å². The molecule has 0 unspecified atom stereocenters. The maximum absolute atomic E-state index is 13.2. The smallest absolute Gasteiger partial charge is 0.401 e. The van der Waals surface area contributed by atoms with Crippen LogP contribution in [-0.2, 0) is 0 Å². The van der Waals surface area contributed by atoms with Crippen LogP contribution in [0.3, 0.4) is 0 Å². The quantitative estimate of drug-likeness (QED) is 0.303. The predicted molar refractivity (Wildman–Crippen MR) is 134 cm³/mol. The zero-order chi connectivity index (χ0) is 27.4. The minimum atomic E-state index is -4.29. The summed E-state index contributed by atoms with van der Waals surface area (Å²) in [6.07, 6.45) is -3.02. The van der Waals surface area contributed by atoms with Crippen LogP contribution in [0.5, 0.6) is 5.75 Å². The Kier molecular flexibility index (Phi) is 8.38. The van der Waals surface area contributed by atoms with Crippen LogP contribution in [0.25, 0.3) is 0 Å². The van der Waals surface area contributed by atoms with Crippen molar-refractivity contribution < 1.29 is 31.5 Å². The Hall–Kier alpha value is -3.43. The number of amides is 1. The first-order chi connectivity index (χ1) is 18.0. The van der Waals surface area contributed by atoms with Gasteiger partial charge >= 0.3 is 12.8 Å². The van der Waals surface area contributed by atoms with Crippen molar-refractivity contribution in [1.82, 2.24) is 14.9 Å². The van der Waals surface area contributed by atoms with Crippen LogP contribution in [0.4, 0.5) is 50.8 Å². The fourth-order valence-electron chi connectivity index (χ4n) is 3.78. The normalized spacial score (nSPS) is 14.6. The van der Waals surface area contributed by atoms with Crippen molar-refractivity contribution in [3.8, 4) is 5.75 Å². The molecule has 0 radical (unpaired) electrons. The van der Waals surface area contributed by atoms with E-state index in [-0.39, 0.29) is 59.3 Å². The summed E-state index contributed by atoms with van der Waals surface area (Å²) in [5.74, 6) is -0.728. The highest BCUT2D eigenvalue weighted by molar-refractivity contribution is 7.12. The van der Waals surface area contributed by atoms with E-state index in [1.165, 1.54) is 23.2 Å². The third-order valence-electron chi connectivity index (χ3n) is 5.45. The summed E-state index contributed by atoms with van der Waals surface area (Å²) in [4.78, 5) is 23.2. The fraction of sp³-hybridized carbons (Fsp3) is 0.318. The third kappa shape index (κ3) is 7.11. The van der Waals surface area contributed by atoms with Crippen LogP contribution in [0.15, 0.2) is 35.8 Å². The van der Waals surface area contributed by atoms with Crippen molar-refractivity contribution in [1.29, 1.82) is 0 Å². The molecule has 9 nitrogen and oxygen atoms in total. The second-order valence-electron chi connectivity index (χ2n) is 8.11. The van der Waals surface area contributed by atoms with Gasteiger partial charge in [-0.15, -0.1) is 11.3 Å². The Morgan fingerprint density at radius 2 is 1.89 bits per heavy atom. The standard InChI is InChI=1S/C22H21ClF5N7O2S/c23-13-10-30-21(33-19(13)31-15-3-8-38-17(15)18(29)36)32-14-2-1-12(9-16(14)37-20(24)25)35-6-4-34(5-7-35)11-22(26,27)28/h1-3,8-10,20H,4-7,11H2,(H2,29,36)(H2,30,31,32,33). The first-order valence-corrected chi connectivity index (χ1v) is 12.3. The number of rotatable bonds is 9. The molecule has 16 heteroatoms. The van der Waals surface area contributed by atoms with Crippen LogP contribution < -0.4 is 26.0 Å². The Balaban J connectivity index is 1.52. The van der Waals surface area contributed by atoms with E-state index in [1.807, 2.05) is 0 Å². The number of alkyl halides is 5. The molecular formula is C22H21ClF5N7O2S. The van der Waals surface area contributed by atoms with Gasteiger partial charge in [-0.3, -0.25) is 9.69 Å². The highest BCUT2D eigenvalue weighted by Gasteiger charge is 2.32. The van der Waals surface area contributed by atoms with Gasteiger partial charge in [-0.2, -0.15) is 26.9 Å². The number of anilines is 5. The Labute approximate surface area is 222 Å². The summed E-state index contributed by atoms with van der Waals surface area (Å²) in [6, 6.07) is 6.09. The molecule has 0 bridgehead atoms. The largest absolute Gasteiger partial charge is 0.433 e. The number of nitrogens with zero attached hydrogens (tertiary/aromatic N) is 4. The van der Waals surface area contributed by atoms with Crippen LogP contribution in [0, 0.1) is 0 Å². The molecule has 2 aromatic heterocycles. The number of piperazine rings is 1. The van der Waals surface area contributed by atoms with Crippen LogP contribution in [-0.4, -0.2) is 66.3 Å². The number of primary amides is 1. The van der Waals surface area contributed by atoms with Crippen molar-refractivity contribution in [2.75, 3.05) is 48.3 Å². The lowest BCUT2D eigenvalue weighted by molar-refractivity contribution is -0.146. The number of halogens is 6. The lowest BCUT2D eigenvalue weighted by Crippen LogP contribution is -2.49. The van der Waals surface area contributed by atoms with Crippen LogP contribution in [0.2, 0.25) is 5.02 Å². The number of aromatic nitrogens is 2. The summed E-state index contributed by atoms with van der Waals surface area (Å²) >= 11 is 7.31. The first kappa shape index (κ1) is 27.6. The second kappa shape index (κ2) is 11.5. The van der Waals surface area contributed by atoms with Gasteiger partial charge in [-0.25, -0.2) is 4.98 Å². The summed E-state index contributed by atoms with van der Waals surface area (Å²) < 4.78 is 69.0. The Morgan fingerprint density at radius 3 is 2.55 bits per heavy atom. The van der Waals surface area contributed by atoms with Crippen molar-refractivity contribution in [2.45, 2.75) is 12.8 Å². The molecule has 4 N–H and O–H groups in total. The zero-order valence-corrected chi connectivity index (χ0v) is 21.0. The second-order valence-corrected chi connectivity index (χ2v) is 9.43. The topological polar surface area (TPSA) is 109 Å². The molecular weight excluding hydrogens is 557 g/mol. The lowest BCUT2D eigenvalue weighted by Gasteiger charge is -2.36. The van der Waals surface area contributed by atoms with Gasteiger partial charge in [0.25, 0.3) is 5.91 Å². The van der Waals surface area contributed by atoms with Crippen LogP contribution in [0.1, 0.15) is 9.67 Å². The van der Waals surface area contributed by atoms with Gasteiger partial charge in [0.2, 0.25) is 5.95 Å². The molecule has 3 heterocycles. The van der Waals surface area contributed by atoms with Crippen LogP contribution >= 0.6 is 22.9 Å². The van der Waals surface area contributed by atoms with Crippen molar-refractivity contribution in [3.05, 3.63) is 45.7 Å². The summed E-state index contributed by atoms with van der Waals surface area (Å²) in [5, 5.41) is 7.49. The average molecular weight is 578 g/mol. The summed E-state index contributed by atoms with van der Waals surface area (Å²) in [7, 11) is 0. The van der Waals surface area contributed by atoms with Crippen molar-refractivity contribution in [3.63, 3.8) is 0 Å². The minimum absolute atomic E-state index is 0.0135. The number of hydrogen-bond acceptors (Lipinski definition) is 9. The molecule has 38 heavy (non-hydrogen) atoms. The number of nitrogens with one attached hydrogen (secondary N) is 2. The molecule has 4 rings (SSSR count). The number of thiophene rings is 1. The van der Waals surface area contributed by atoms with Gasteiger partial charge < -0.3 is 26.0 Å². The van der Waals surface area contributed by atoms with E-state index in [9.17, 15) is 26.7 Å². The molecule has 0 spiro atoms. The average Bonchev–Trinajstić information content (AvgIpc) is 3.30. The zero-order valence-electron chi connectivity index (χ0n) is 19.4.